The van der Waals surface area contributed by atoms with Crippen LogP contribution < -0.4 is 11.5 Å². The quantitative estimate of drug-likeness (QED) is 0.173. The number of fused-ring (bicyclic) bond motifs is 4. The largest absolute Gasteiger partial charge is 0.386 e. The van der Waals surface area contributed by atoms with Crippen LogP contribution in [0.2, 0.25) is 0 Å². The van der Waals surface area contributed by atoms with Gasteiger partial charge in [-0.25, -0.2) is 39.0 Å². The third-order valence-corrected chi connectivity index (χ3v) is 11.1. The fourth-order valence-electron chi connectivity index (χ4n) is 5.89. The first kappa shape index (κ1) is 29.0. The smallest absolute Gasteiger partial charge is 0.382 e. The lowest BCUT2D eigenvalue weighted by Crippen LogP contribution is -2.45. The summed E-state index contributed by atoms with van der Waals surface area (Å²) in [4.78, 5) is 25.0. The van der Waals surface area contributed by atoms with Crippen molar-refractivity contribution in [3.8, 4) is 0 Å². The molecule has 4 saturated heterocycles. The molecule has 4 aromatic heterocycles. The first-order valence-electron chi connectivity index (χ1n) is 13.1. The molecule has 234 valence electrons. The van der Waals surface area contributed by atoms with Crippen molar-refractivity contribution in [2.24, 2.45) is 0 Å². The van der Waals surface area contributed by atoms with Gasteiger partial charge in [-0.1, -0.05) is 24.5 Å². The van der Waals surface area contributed by atoms with E-state index in [2.05, 4.69) is 54.4 Å². The van der Waals surface area contributed by atoms with Crippen LogP contribution in [0.4, 0.5) is 11.6 Å². The lowest BCUT2D eigenvalue weighted by molar-refractivity contribution is -0.182. The highest BCUT2D eigenvalue weighted by atomic mass is 32.7. The molecular weight excluding hydrogens is 662 g/mol. The zero-order valence-electron chi connectivity index (χ0n) is 22.3. The van der Waals surface area contributed by atoms with Crippen LogP contribution in [0.1, 0.15) is 18.9 Å². The van der Waals surface area contributed by atoms with E-state index in [9.17, 15) is 9.13 Å². The lowest BCUT2D eigenvalue weighted by Gasteiger charge is -2.32. The third-order valence-electron chi connectivity index (χ3n) is 7.85. The fraction of sp³-hybridized carbons (Fsp3) is 0.524. The molecule has 23 heteroatoms. The zero-order chi connectivity index (χ0) is 30.4. The van der Waals surface area contributed by atoms with Gasteiger partial charge in [0.2, 0.25) is 0 Å². The van der Waals surface area contributed by atoms with E-state index in [1.807, 2.05) is 0 Å². The molecule has 8 heterocycles. The van der Waals surface area contributed by atoms with Crippen LogP contribution in [0.15, 0.2) is 25.3 Å². The van der Waals surface area contributed by atoms with Crippen molar-refractivity contribution in [2.45, 2.75) is 48.9 Å². The zero-order valence-corrected chi connectivity index (χ0v) is 25.9. The summed E-state index contributed by atoms with van der Waals surface area (Å²) in [6, 6.07) is 0. The van der Waals surface area contributed by atoms with E-state index in [1.165, 1.54) is 25.3 Å². The lowest BCUT2D eigenvalue weighted by atomic mass is 10.0. The molecule has 4 N–H and O–H groups in total. The molecule has 4 fully saturated rings. The summed E-state index contributed by atoms with van der Waals surface area (Å²) in [5, 5.41) is 0. The molecule has 0 unspecified atom stereocenters. The molecular formula is C21H24N10O9P2S2. The Hall–Kier alpha value is -2.42. The van der Waals surface area contributed by atoms with E-state index in [1.54, 1.807) is 9.13 Å². The summed E-state index contributed by atoms with van der Waals surface area (Å²) in [6.45, 7) is -8.84. The van der Waals surface area contributed by atoms with Gasteiger partial charge in [0.15, 0.2) is 35.4 Å². The number of imidazole rings is 2. The molecule has 8 rings (SSSR count). The summed E-state index contributed by atoms with van der Waals surface area (Å²) in [7, 11) is 0. The summed E-state index contributed by atoms with van der Waals surface area (Å²) < 4.78 is 72.5. The van der Waals surface area contributed by atoms with Crippen molar-refractivity contribution in [3.63, 3.8) is 0 Å². The van der Waals surface area contributed by atoms with E-state index in [0.29, 0.717) is 22.3 Å². The minimum absolute atomic E-state index is 0.0654. The maximum atomic E-state index is 13.7. The maximum Gasteiger partial charge on any atom is 0.386 e. The molecule has 0 spiro atoms. The SMILES string of the molecule is Nc1ncnc2c1ncn2[C@@H]1O[C@@]23CO[C@@H]1[C@@H]2O[P@@](=O)(S)OC[C@@H]1C[C@@H](O[P@@](=O)(S)OC3)[C@H](n2cnc3c(N)ncnc32)O1. The first-order chi connectivity index (χ1) is 21.0. The number of aromatic nitrogens is 8. The highest BCUT2D eigenvalue weighted by molar-refractivity contribution is 8.44. The molecule has 0 amide bonds. The Morgan fingerprint density at radius 1 is 0.841 bits per heavy atom. The predicted molar refractivity (Wildman–Crippen MR) is 155 cm³/mol. The van der Waals surface area contributed by atoms with Crippen molar-refractivity contribution < 1.29 is 41.4 Å². The van der Waals surface area contributed by atoms with Crippen LogP contribution in [-0.2, 0) is 41.4 Å². The summed E-state index contributed by atoms with van der Waals surface area (Å²) in [6.07, 6.45) is 0.376. The van der Waals surface area contributed by atoms with Crippen molar-refractivity contribution in [1.29, 1.82) is 0 Å². The fourth-order valence-corrected chi connectivity index (χ4v) is 8.93. The number of ether oxygens (including phenoxy) is 3. The summed E-state index contributed by atoms with van der Waals surface area (Å²) in [5.74, 6) is 0.345. The highest BCUT2D eigenvalue weighted by Gasteiger charge is 2.65. The van der Waals surface area contributed by atoms with Gasteiger partial charge in [0, 0.05) is 6.42 Å². The standard InChI is InChI=1S/C21H24N10O9P2S2/c22-15-11-17(26-5-24-15)30(7-28-11)19-10-1-9(37-19)2-35-41(32,43)40-14-13-20(31-8-29-12-16(23)25-6-27-18(12)31)38-21(14,3-34-13)4-36-42(33,44)39-10/h5-10,13-14,19-20H,1-4H2,(H,32,43)(H,33,44)(H2,22,24,26)(H2,23,25,27)/t9-,10+,13+,14-,19+,20+,21+,41-,42-/m0/s1. The minimum atomic E-state index is -4.10. The first-order valence-corrected chi connectivity index (χ1v) is 18.5. The molecule has 4 aliphatic heterocycles. The number of thiol groups is 2. The third kappa shape index (κ3) is 4.73. The molecule has 0 saturated carbocycles. The van der Waals surface area contributed by atoms with Gasteiger partial charge >= 0.3 is 13.6 Å². The summed E-state index contributed by atoms with van der Waals surface area (Å²) in [5.41, 5.74) is 11.9. The van der Waals surface area contributed by atoms with Gasteiger partial charge in [-0.15, -0.1) is 0 Å². The minimum Gasteiger partial charge on any atom is -0.382 e. The van der Waals surface area contributed by atoms with Gasteiger partial charge in [0.05, 0.1) is 38.6 Å². The summed E-state index contributed by atoms with van der Waals surface area (Å²) >= 11 is 8.50. The van der Waals surface area contributed by atoms with Gasteiger partial charge < -0.3 is 25.7 Å². The highest BCUT2D eigenvalue weighted by Crippen LogP contribution is 2.63. The number of nitrogen functional groups attached to an aromatic ring is 2. The molecule has 0 aromatic carbocycles. The van der Waals surface area contributed by atoms with Crippen molar-refractivity contribution in [2.75, 3.05) is 31.3 Å². The number of anilines is 2. The van der Waals surface area contributed by atoms with Gasteiger partial charge in [0.25, 0.3) is 0 Å². The van der Waals surface area contributed by atoms with Crippen molar-refractivity contribution >= 4 is 72.1 Å². The molecule has 19 nitrogen and oxygen atoms in total. The van der Waals surface area contributed by atoms with Crippen LogP contribution in [0.5, 0.6) is 0 Å². The molecule has 44 heavy (non-hydrogen) atoms. The Bertz CT molecular complexity index is 1880. The average Bonchev–Trinajstić information content (AvgIpc) is 3.79. The molecule has 9 atom stereocenters. The average molecular weight is 687 g/mol. The number of hydrogen-bond acceptors (Lipinski definition) is 17. The van der Waals surface area contributed by atoms with E-state index < -0.39 is 56.1 Å². The van der Waals surface area contributed by atoms with Crippen LogP contribution in [0.3, 0.4) is 0 Å². The Morgan fingerprint density at radius 2 is 1.48 bits per heavy atom. The van der Waals surface area contributed by atoms with Crippen molar-refractivity contribution in [3.05, 3.63) is 25.3 Å². The molecule has 0 aliphatic carbocycles. The Balaban J connectivity index is 1.12. The van der Waals surface area contributed by atoms with Gasteiger partial charge in [-0.3, -0.25) is 27.2 Å². The topological polar surface area (TPSA) is 238 Å². The van der Waals surface area contributed by atoms with Gasteiger partial charge in [-0.05, 0) is 0 Å². The molecule has 0 radical (unpaired) electrons. The van der Waals surface area contributed by atoms with E-state index >= 15 is 0 Å². The van der Waals surface area contributed by atoms with E-state index in [4.69, 9.17) is 43.8 Å². The Morgan fingerprint density at radius 3 is 2.16 bits per heavy atom. The van der Waals surface area contributed by atoms with Gasteiger partial charge in [-0.2, -0.15) is 0 Å². The second-order valence-electron chi connectivity index (χ2n) is 10.6. The number of nitrogens with zero attached hydrogens (tertiary/aromatic N) is 8. The monoisotopic (exact) mass is 686 g/mol. The number of nitrogens with two attached hydrogens (primary N) is 2. The number of rotatable bonds is 2. The van der Waals surface area contributed by atoms with Crippen LogP contribution in [-0.4, -0.2) is 88.9 Å². The molecule has 4 aliphatic rings. The molecule has 4 aromatic rings. The van der Waals surface area contributed by atoms with Crippen LogP contribution in [0, 0.1) is 0 Å². The normalized spacial score (nSPS) is 39.2. The Kier molecular flexibility index (Phi) is 6.79. The predicted octanol–water partition coefficient (Wildman–Crippen LogP) is 1.68. The van der Waals surface area contributed by atoms with Crippen LogP contribution >= 0.6 is 38.1 Å². The van der Waals surface area contributed by atoms with Crippen LogP contribution in [0.25, 0.3) is 22.3 Å². The number of hydrogen-bond donors (Lipinski definition) is 4. The van der Waals surface area contributed by atoms with E-state index in [-0.39, 0.29) is 37.9 Å². The maximum absolute atomic E-state index is 13.7. The van der Waals surface area contributed by atoms with E-state index in [0.717, 1.165) is 0 Å². The Labute approximate surface area is 257 Å². The van der Waals surface area contributed by atoms with Crippen molar-refractivity contribution in [1.82, 2.24) is 39.0 Å². The molecule has 4 bridgehead atoms. The second kappa shape index (κ2) is 10.3. The second-order valence-corrected chi connectivity index (χ2v) is 16.3. The van der Waals surface area contributed by atoms with Gasteiger partial charge in [0.1, 0.15) is 47.6 Å².